The number of piperidine rings is 4. The molecule has 6 aromatic rings. The number of amides is 1. The number of phenols is 1. The lowest BCUT2D eigenvalue weighted by Gasteiger charge is -2.29. The summed E-state index contributed by atoms with van der Waals surface area (Å²) in [7, 11) is 1.64. The van der Waals surface area contributed by atoms with Crippen molar-refractivity contribution in [3.8, 4) is 5.75 Å². The zero-order valence-electron chi connectivity index (χ0n) is 73.2. The number of nitrogens with one attached hydrogen (secondary N) is 4. The van der Waals surface area contributed by atoms with Gasteiger partial charge >= 0.3 is 41.9 Å². The molecule has 131 heavy (non-hydrogen) atoms. The molecule has 23 nitrogen and oxygen atoms in total. The maximum atomic E-state index is 12.5. The fourth-order valence-corrected chi connectivity index (χ4v) is 29.5. The number of carbonyl (C=O) groups is 7. The molecule has 6 aliphatic heterocycles. The second-order valence-electron chi connectivity index (χ2n) is 33.6. The third kappa shape index (κ3) is 42.4. The molecule has 5 unspecified atom stereocenters. The Kier molecular flexibility index (Phi) is 58.7. The number of esters is 6. The van der Waals surface area contributed by atoms with Gasteiger partial charge in [0.2, 0.25) is 0 Å². The molecule has 0 aliphatic carbocycles. The van der Waals surface area contributed by atoms with Crippen LogP contribution < -0.4 is 30.2 Å². The zero-order chi connectivity index (χ0) is 96.4. The summed E-state index contributed by atoms with van der Waals surface area (Å²) in [6, 6.07) is 24.7. The van der Waals surface area contributed by atoms with E-state index in [1.165, 1.54) is 100 Å². The second kappa shape index (κ2) is 63.3. The van der Waals surface area contributed by atoms with Crippen LogP contribution in [0.15, 0.2) is 72.8 Å². The van der Waals surface area contributed by atoms with Crippen molar-refractivity contribution in [1.82, 2.24) is 0 Å². The van der Waals surface area contributed by atoms with Crippen LogP contribution in [-0.2, 0) is 43.0 Å². The molecule has 12 rings (SSSR count). The van der Waals surface area contributed by atoms with Crippen LogP contribution >= 0.6 is 384 Å². The molecule has 6 aliphatic rings. The van der Waals surface area contributed by atoms with Crippen molar-refractivity contribution < 1.29 is 110 Å². The van der Waals surface area contributed by atoms with Crippen molar-refractivity contribution in [3.05, 3.63) is 167 Å². The van der Waals surface area contributed by atoms with Gasteiger partial charge in [-0.2, -0.15) is 4.79 Å². The molecule has 0 saturated carbocycles. The van der Waals surface area contributed by atoms with Gasteiger partial charge in [-0.3, -0.25) is 0 Å². The number of aromatic hydroxyl groups is 1. The van der Waals surface area contributed by atoms with Gasteiger partial charge in [-0.1, -0.05) is 0 Å². The molecule has 41 heteroatoms. The minimum atomic E-state index is -2.80. The maximum Gasteiger partial charge on any atom is 0.514 e. The number of phenolic OH excluding ortho intramolecular Hbond substituents is 1. The maximum absolute atomic E-state index is 12.5. The van der Waals surface area contributed by atoms with E-state index in [0.29, 0.717) is 108 Å². The molecular weight excluding hydrogens is 3630 g/mol. The Balaban J connectivity index is 0.000000216. The van der Waals surface area contributed by atoms with Crippen LogP contribution in [0, 0.1) is 78.4 Å². The van der Waals surface area contributed by atoms with E-state index in [0.717, 1.165) is 157 Å². The van der Waals surface area contributed by atoms with Crippen LogP contribution in [0.5, 0.6) is 5.75 Å². The molecule has 1 amide bonds. The molecule has 0 bridgehead atoms. The fourth-order valence-electron chi connectivity index (χ4n) is 15.3. The lowest BCUT2D eigenvalue weighted by atomic mass is 9.94. The summed E-state index contributed by atoms with van der Waals surface area (Å²) in [6.45, 7) is 19.6. The molecule has 0 radical (unpaired) electrons. The molecule has 6 aromatic carbocycles. The van der Waals surface area contributed by atoms with Gasteiger partial charge in [0, 0.05) is 102 Å². The van der Waals surface area contributed by atoms with E-state index in [1.807, 2.05) is 133 Å². The number of nitrogens with two attached hydrogens (primary N) is 2. The van der Waals surface area contributed by atoms with Gasteiger partial charge in [-0.15, -0.1) is 0 Å². The molecule has 724 valence electrons. The minimum absolute atomic E-state index is 0.0201. The van der Waals surface area contributed by atoms with Crippen LogP contribution in [0.1, 0.15) is 192 Å². The van der Waals surface area contributed by atoms with Gasteiger partial charge in [-0.05, 0) is 560 Å². The average Bonchev–Trinajstić information content (AvgIpc) is 1.75. The van der Waals surface area contributed by atoms with E-state index in [-0.39, 0.29) is 47.3 Å². The first kappa shape index (κ1) is 121. The highest BCUT2D eigenvalue weighted by atomic mass is 127. The molecule has 0 spiro atoms. The van der Waals surface area contributed by atoms with Crippen LogP contribution in [0.25, 0.3) is 0 Å². The minimum Gasteiger partial charge on any atom is -0.506 e. The Morgan fingerprint density at radius 2 is 0.779 bits per heavy atom. The number of carbonyl (C=O) groups excluding carboxylic acids is 7. The number of quaternary nitrogens is 6. The largest absolute Gasteiger partial charge is 0.514 e. The number of likely N-dealkylation sites (tertiary alicyclic amines) is 3. The van der Waals surface area contributed by atoms with Crippen molar-refractivity contribution in [2.75, 3.05) is 137 Å². The van der Waals surface area contributed by atoms with Crippen molar-refractivity contribution in [3.63, 3.8) is 0 Å². The number of rotatable bonds is 25. The second-order valence-corrected chi connectivity index (χ2v) is 55.3. The van der Waals surface area contributed by atoms with E-state index in [9.17, 15) is 47.1 Å². The smallest absolute Gasteiger partial charge is 0.506 e. The Morgan fingerprint density at radius 1 is 0.397 bits per heavy atom. The number of halogens is 17. The SMILES string of the molecule is CC(C)(C)OC(=O)[NH+]1CCC(CCOC(=O)c2c(I)ccc(I)c2I)CC1.C[NH+]1CCCC(COC(=O)c2c(I)ccc(I)c2I)C1.C[NH+]1CCCC1CCOC(=O)c1c(I)ccc(I)c1I.O=C(OCCC1CCCC[NH2+]1)c1c(I)ccc(I)c1O.O=C(OCCC1CC[NH2+]CC1)c1c(I)ccc(I)c1I.O=C(OCCCC[NH+]1CCS(=O)(=O)CC1)c1c(I)ccc(I)c1I. The summed E-state index contributed by atoms with van der Waals surface area (Å²) in [5.74, 6) is 0.825. The quantitative estimate of drug-likeness (QED) is 0.00921. The first-order chi connectivity index (χ1) is 62.1. The third-order valence-electron chi connectivity index (χ3n) is 22.8. The van der Waals surface area contributed by atoms with E-state index >= 15 is 0 Å². The first-order valence-corrected chi connectivity index (χ1v) is 63.5. The number of alkyl carbamates (subject to hydrolysis) is 2. The van der Waals surface area contributed by atoms with E-state index in [2.05, 4.69) is 364 Å². The highest BCUT2D eigenvalue weighted by Gasteiger charge is 2.34. The summed E-state index contributed by atoms with van der Waals surface area (Å²) < 4.78 is 77.4. The first-order valence-electron chi connectivity index (χ1n) is 43.3. The Bertz CT molecular complexity index is 4840. The van der Waals surface area contributed by atoms with Crippen LogP contribution in [0.3, 0.4) is 0 Å². The van der Waals surface area contributed by atoms with Crippen LogP contribution in [0.4, 0.5) is 4.79 Å². The highest BCUT2D eigenvalue weighted by Crippen LogP contribution is 2.33. The standard InChI is InChI=1S/C19H24I3NO4.C15H18I3NO4S.3C14H16I3NO2.C14H17I2NO3/c1-19(2,3)27-18(25)23-9-6-12(7-10-23)8-11-26-17(24)15-13(20)4-5-14(21)16(15)22;16-11-3-4-12(17)14(18)13(11)15(20)23-8-2-1-5-19-6-9-24(21,22)10-7-19;1-18-7-2-3-9(18)6-8-20-14(19)12-10(15)4-5-11(16)13(12)17;1-18-6-2-3-9(7-18)8-20-14(19)12-10(15)4-5-11(16)13(12)17;15-10-1-2-11(16)13(17)12(10)14(19)20-8-5-9-3-6-18-7-4-9;15-10-4-5-11(16)13(18)12(10)14(19)20-8-6-9-3-1-2-7-17-9/h4-5,12H,6-11H2,1-3H3;3-4H,1-2,5-10H2;2*4-5,9H,2-3,6-8H2,1H3;1-2,9,18H,3-8H2;4-5,9,17-18H,1-3,6-8H2/p+6. The van der Waals surface area contributed by atoms with Gasteiger partial charge in [-0.25, -0.2) is 42.1 Å². The number of sulfone groups is 1. The average molecular weight is 3740 g/mol. The zero-order valence-corrected chi connectivity index (χ0v) is 111. The fraction of sp³-hybridized carbons (Fsp3) is 0.522. The lowest BCUT2D eigenvalue weighted by molar-refractivity contribution is -0.896. The Labute approximate surface area is 1000 Å². The summed E-state index contributed by atoms with van der Waals surface area (Å²) in [4.78, 5) is 91.1. The van der Waals surface area contributed by atoms with Crippen LogP contribution in [0.2, 0.25) is 0 Å². The van der Waals surface area contributed by atoms with Crippen molar-refractivity contribution in [1.29, 1.82) is 0 Å². The van der Waals surface area contributed by atoms with Crippen LogP contribution in [-0.4, -0.2) is 210 Å². The van der Waals surface area contributed by atoms with Gasteiger partial charge in [0.15, 0.2) is 9.84 Å². The predicted molar refractivity (Wildman–Crippen MR) is 653 cm³/mol. The van der Waals surface area contributed by atoms with E-state index in [4.69, 9.17) is 33.2 Å². The van der Waals surface area contributed by atoms with Crippen molar-refractivity contribution >= 4 is 436 Å². The molecular formula is C90H113I17N6O17S+6. The van der Waals surface area contributed by atoms with Gasteiger partial charge < -0.3 is 63.6 Å². The number of hydrogen-bond donors (Lipinski definition) is 7. The Hall–Kier alpha value is 3.53. The highest BCUT2D eigenvalue weighted by molar-refractivity contribution is 14.1. The summed E-state index contributed by atoms with van der Waals surface area (Å²) in [6.07, 6.45) is 18.3. The molecule has 5 atom stereocenters. The van der Waals surface area contributed by atoms with Crippen molar-refractivity contribution in [2.24, 2.45) is 17.8 Å². The predicted octanol–water partition coefficient (Wildman–Crippen LogP) is 16.6. The molecule has 9 N–H and O–H groups in total. The molecule has 6 fully saturated rings. The molecule has 0 aromatic heterocycles. The molecule has 6 saturated heterocycles. The normalized spacial score (nSPS) is 19.5. The van der Waals surface area contributed by atoms with Gasteiger partial charge in [0.1, 0.15) is 16.9 Å². The monoisotopic (exact) mass is 3740 g/mol. The summed E-state index contributed by atoms with van der Waals surface area (Å²) in [5, 5.41) is 14.7. The Morgan fingerprint density at radius 3 is 1.19 bits per heavy atom. The van der Waals surface area contributed by atoms with E-state index < -0.39 is 21.4 Å². The van der Waals surface area contributed by atoms with Crippen molar-refractivity contribution in [2.45, 2.75) is 148 Å². The summed E-state index contributed by atoms with van der Waals surface area (Å²) in [5.41, 5.74) is 3.29. The summed E-state index contributed by atoms with van der Waals surface area (Å²) >= 11 is 37.2. The van der Waals surface area contributed by atoms with Gasteiger partial charge in [0.25, 0.3) is 0 Å². The number of benzene rings is 6. The van der Waals surface area contributed by atoms with E-state index in [1.54, 1.807) is 11.0 Å². The number of ether oxygens (including phenoxy) is 7. The lowest BCUT2D eigenvalue weighted by Crippen LogP contribution is -3.15. The number of unbranched alkanes of at least 4 members (excludes halogenated alkanes) is 1. The third-order valence-corrected chi connectivity index (χ3v) is 45.9. The number of hydrogen-bond acceptors (Lipinski definition) is 17. The van der Waals surface area contributed by atoms with Gasteiger partial charge in [0.05, 0.1) is 181 Å². The topological polar surface area (TPSA) is 289 Å². The molecule has 6 heterocycles.